The van der Waals surface area contributed by atoms with Crippen molar-refractivity contribution in [3.63, 3.8) is 0 Å². The Bertz CT molecular complexity index is 1540. The summed E-state index contributed by atoms with van der Waals surface area (Å²) in [6.45, 7) is 0. The second kappa shape index (κ2) is 9.06. The molecule has 7 nitrogen and oxygen atoms in total. The number of carbonyl (C=O) groups is 4. The Balaban J connectivity index is 1.49. The van der Waals surface area contributed by atoms with Crippen LogP contribution in [0.1, 0.15) is 24.3 Å². The average molecular weight is 595 g/mol. The Hall–Kier alpha value is -3.49. The highest BCUT2D eigenvalue weighted by atomic mass is 79.9. The third-order valence-corrected chi connectivity index (χ3v) is 8.79. The molecule has 0 saturated carbocycles. The zero-order valence-electron chi connectivity index (χ0n) is 20.1. The van der Waals surface area contributed by atoms with Crippen LogP contribution in [0.15, 0.2) is 75.8 Å². The first-order chi connectivity index (χ1) is 18.2. The number of ether oxygens (including phenoxy) is 1. The van der Waals surface area contributed by atoms with Crippen LogP contribution in [0, 0.1) is 17.8 Å². The molecule has 2 amide bonds. The Morgan fingerprint density at radius 2 is 1.76 bits per heavy atom. The normalized spacial score (nSPS) is 26.6. The van der Waals surface area contributed by atoms with Crippen LogP contribution >= 0.6 is 27.5 Å². The Morgan fingerprint density at radius 3 is 2.47 bits per heavy atom. The molecule has 1 aliphatic heterocycles. The lowest BCUT2D eigenvalue weighted by Gasteiger charge is -2.42. The number of amides is 2. The number of hydrogen-bond donors (Lipinski definition) is 1. The number of allylic oxidation sites excluding steroid dienone is 6. The minimum absolute atomic E-state index is 0.0561. The number of halogens is 2. The van der Waals surface area contributed by atoms with Crippen LogP contribution in [-0.4, -0.2) is 35.6 Å². The van der Waals surface area contributed by atoms with Gasteiger partial charge in [0.1, 0.15) is 0 Å². The topological polar surface area (TPSA) is 101 Å². The third-order valence-electron chi connectivity index (χ3n) is 7.95. The number of Topliss-reactive ketones (excluding diaryl/α,β-unsaturated/α-hetero) is 1. The molecule has 1 fully saturated rings. The summed E-state index contributed by atoms with van der Waals surface area (Å²) >= 11 is 9.24. The van der Waals surface area contributed by atoms with Gasteiger partial charge in [0.25, 0.3) is 0 Å². The average Bonchev–Trinajstić information content (AvgIpc) is 3.16. The lowest BCUT2D eigenvalue weighted by atomic mass is 9.59. The second-order valence-corrected chi connectivity index (χ2v) is 11.1. The molecule has 1 saturated heterocycles. The fourth-order valence-electron chi connectivity index (χ4n) is 6.30. The fourth-order valence-corrected chi connectivity index (χ4v) is 6.88. The summed E-state index contributed by atoms with van der Waals surface area (Å²) < 4.78 is 5.48. The van der Waals surface area contributed by atoms with E-state index in [9.17, 15) is 24.3 Å². The molecule has 0 aromatic heterocycles. The van der Waals surface area contributed by atoms with Gasteiger partial charge in [-0.1, -0.05) is 29.3 Å². The predicted molar refractivity (Wildman–Crippen MR) is 143 cm³/mol. The number of phenols is 1. The highest BCUT2D eigenvalue weighted by molar-refractivity contribution is 9.12. The minimum Gasteiger partial charge on any atom is -0.504 e. The van der Waals surface area contributed by atoms with E-state index < -0.39 is 23.7 Å². The zero-order chi connectivity index (χ0) is 26.9. The largest absolute Gasteiger partial charge is 0.504 e. The Labute approximate surface area is 231 Å². The van der Waals surface area contributed by atoms with Crippen molar-refractivity contribution in [2.75, 3.05) is 12.0 Å². The van der Waals surface area contributed by atoms with Gasteiger partial charge in [0.15, 0.2) is 23.1 Å². The highest BCUT2D eigenvalue weighted by Crippen LogP contribution is 2.56. The van der Waals surface area contributed by atoms with Crippen LogP contribution in [0.4, 0.5) is 5.69 Å². The molecule has 0 unspecified atom stereocenters. The summed E-state index contributed by atoms with van der Waals surface area (Å²) in [6.07, 6.45) is 3.74. The molecule has 2 aromatic carbocycles. The van der Waals surface area contributed by atoms with Crippen LogP contribution < -0.4 is 9.64 Å². The molecule has 9 heteroatoms. The number of nitrogens with zero attached hydrogens (tertiary/aromatic N) is 1. The fraction of sp³-hybridized carbons (Fsp3) is 0.241. The van der Waals surface area contributed by atoms with Crippen molar-refractivity contribution < 1.29 is 29.0 Å². The molecule has 6 rings (SSSR count). The first-order valence-electron chi connectivity index (χ1n) is 12.1. The molecule has 1 N–H and O–H groups in total. The number of ketones is 2. The number of imide groups is 1. The van der Waals surface area contributed by atoms with Gasteiger partial charge < -0.3 is 9.84 Å². The summed E-state index contributed by atoms with van der Waals surface area (Å²) in [5.74, 6) is -3.36. The van der Waals surface area contributed by atoms with Crippen molar-refractivity contribution in [2.45, 2.75) is 18.8 Å². The van der Waals surface area contributed by atoms with Crippen molar-refractivity contribution in [1.29, 1.82) is 0 Å². The van der Waals surface area contributed by atoms with Gasteiger partial charge in [0, 0.05) is 28.2 Å². The van der Waals surface area contributed by atoms with Gasteiger partial charge in [-0.15, -0.1) is 0 Å². The van der Waals surface area contributed by atoms with Gasteiger partial charge in [-0.3, -0.25) is 24.1 Å². The zero-order valence-corrected chi connectivity index (χ0v) is 22.5. The molecule has 3 aliphatic carbocycles. The van der Waals surface area contributed by atoms with Gasteiger partial charge in [-0.2, -0.15) is 0 Å². The number of aromatic hydroxyl groups is 1. The van der Waals surface area contributed by atoms with Crippen molar-refractivity contribution in [2.24, 2.45) is 17.8 Å². The summed E-state index contributed by atoms with van der Waals surface area (Å²) in [6, 6.07) is 11.4. The maximum absolute atomic E-state index is 13.9. The van der Waals surface area contributed by atoms with Crippen LogP contribution in [0.5, 0.6) is 11.5 Å². The van der Waals surface area contributed by atoms with Gasteiger partial charge in [-0.05, 0) is 76.7 Å². The Morgan fingerprint density at radius 1 is 1.03 bits per heavy atom. The lowest BCUT2D eigenvalue weighted by Crippen LogP contribution is -2.39. The van der Waals surface area contributed by atoms with Crippen molar-refractivity contribution >= 4 is 56.6 Å². The standard InChI is InChI=1S/C29H21BrClNO6/c1-38-23-10-13(2-9-21(23)33)24-16-7-8-17-25(18(16)11-19-26(24)22(34)12-20(30)27(19)35)29(37)32(28(17)36)15-5-3-14(31)4-6-15/h2-7,9-10,12,17-18,24-25,33H,8,11H2,1H3/t17-,18+,24-,25-/m0/s1. The number of fused-ring (bicyclic) bond motifs is 3. The van der Waals surface area contributed by atoms with Gasteiger partial charge in [-0.25, -0.2) is 0 Å². The van der Waals surface area contributed by atoms with Crippen LogP contribution in [-0.2, 0) is 19.2 Å². The van der Waals surface area contributed by atoms with E-state index in [-0.39, 0.29) is 45.8 Å². The van der Waals surface area contributed by atoms with Crippen LogP contribution in [0.3, 0.4) is 0 Å². The van der Waals surface area contributed by atoms with E-state index in [1.165, 1.54) is 24.2 Å². The van der Waals surface area contributed by atoms with Crippen molar-refractivity contribution in [3.05, 3.63) is 86.4 Å². The number of carbonyl (C=O) groups excluding carboxylic acids is 4. The smallest absolute Gasteiger partial charge is 0.238 e. The van der Waals surface area contributed by atoms with Crippen molar-refractivity contribution in [1.82, 2.24) is 0 Å². The van der Waals surface area contributed by atoms with E-state index in [0.717, 1.165) is 5.57 Å². The Kier molecular flexibility index (Phi) is 5.92. The maximum atomic E-state index is 13.9. The molecule has 4 aliphatic rings. The maximum Gasteiger partial charge on any atom is 0.238 e. The van der Waals surface area contributed by atoms with Crippen LogP contribution in [0.2, 0.25) is 5.02 Å². The van der Waals surface area contributed by atoms with Crippen molar-refractivity contribution in [3.8, 4) is 11.5 Å². The summed E-state index contributed by atoms with van der Waals surface area (Å²) in [5.41, 5.74) is 2.63. The third kappa shape index (κ3) is 3.61. The number of phenolic OH excluding ortho intramolecular Hbond substituents is 1. The molecule has 4 atom stereocenters. The molecule has 2 aromatic rings. The summed E-state index contributed by atoms with van der Waals surface area (Å²) in [7, 11) is 1.43. The molecule has 192 valence electrons. The molecule has 0 bridgehead atoms. The highest BCUT2D eigenvalue weighted by Gasteiger charge is 2.56. The first kappa shape index (κ1) is 24.8. The number of methoxy groups -OCH3 is 1. The number of benzene rings is 2. The van der Waals surface area contributed by atoms with E-state index >= 15 is 0 Å². The van der Waals surface area contributed by atoms with Crippen LogP contribution in [0.25, 0.3) is 0 Å². The van der Waals surface area contributed by atoms with E-state index in [1.54, 1.807) is 36.4 Å². The first-order valence-corrected chi connectivity index (χ1v) is 13.3. The molecular formula is C29H21BrClNO6. The van der Waals surface area contributed by atoms with Gasteiger partial charge >= 0.3 is 0 Å². The monoisotopic (exact) mass is 593 g/mol. The van der Waals surface area contributed by atoms with Gasteiger partial charge in [0.2, 0.25) is 11.8 Å². The van der Waals surface area contributed by atoms with Gasteiger partial charge in [0.05, 0.1) is 29.1 Å². The van der Waals surface area contributed by atoms with E-state index in [0.29, 0.717) is 33.8 Å². The quantitative estimate of drug-likeness (QED) is 0.304. The lowest BCUT2D eigenvalue weighted by molar-refractivity contribution is -0.123. The number of anilines is 1. The summed E-state index contributed by atoms with van der Waals surface area (Å²) in [4.78, 5) is 55.2. The summed E-state index contributed by atoms with van der Waals surface area (Å²) in [5, 5.41) is 10.7. The van der Waals surface area contributed by atoms with E-state index in [4.69, 9.17) is 16.3 Å². The minimum atomic E-state index is -0.679. The predicted octanol–water partition coefficient (Wildman–Crippen LogP) is 5.02. The molecule has 38 heavy (non-hydrogen) atoms. The molecule has 1 heterocycles. The van der Waals surface area contributed by atoms with E-state index in [2.05, 4.69) is 15.9 Å². The molecule has 0 radical (unpaired) electrons. The van der Waals surface area contributed by atoms with E-state index in [1.807, 2.05) is 6.08 Å². The molecule has 0 spiro atoms. The SMILES string of the molecule is COc1cc([C@H]2C3=CC[C@@H]4C(=O)N(c5ccc(Cl)cc5)C(=O)[C@@H]4[C@@H]3CC3=C2C(=O)C=C(Br)C3=O)ccc1O. The number of hydrogen-bond acceptors (Lipinski definition) is 6. The number of rotatable bonds is 3. The molecular weight excluding hydrogens is 574 g/mol. The second-order valence-electron chi connectivity index (χ2n) is 9.81.